The molecular formula is C19H19O2S2-. The summed E-state index contributed by atoms with van der Waals surface area (Å²) in [7, 11) is 0. The summed E-state index contributed by atoms with van der Waals surface area (Å²) in [6.45, 7) is 0. The normalized spacial score (nSPS) is 15.9. The van der Waals surface area contributed by atoms with Crippen LogP contribution in [0, 0.1) is 0 Å². The highest BCUT2D eigenvalue weighted by molar-refractivity contribution is 7.98. The van der Waals surface area contributed by atoms with Crippen molar-refractivity contribution in [2.75, 3.05) is 6.26 Å². The van der Waals surface area contributed by atoms with Crippen LogP contribution in [0.1, 0.15) is 36.0 Å². The van der Waals surface area contributed by atoms with Crippen LogP contribution < -0.4 is 0 Å². The molecule has 0 fully saturated rings. The molecule has 0 N–H and O–H groups in total. The molecule has 23 heavy (non-hydrogen) atoms. The van der Waals surface area contributed by atoms with Crippen molar-refractivity contribution in [1.29, 1.82) is 0 Å². The standard InChI is InChI=1S/C19H20O2S2/c1-22-17-11-9-16(10-12-17)19-4-2-3-18(19)15-7-5-14(6-8-15)13-23(20)21/h5-12H,2-4,13H2,1H3,(H,20,21)/p-1. The highest BCUT2D eigenvalue weighted by atomic mass is 32.2. The average molecular weight is 343 g/mol. The summed E-state index contributed by atoms with van der Waals surface area (Å²) in [6.07, 6.45) is 5.47. The fraction of sp³-hybridized carbons (Fsp3) is 0.263. The Kier molecular flexibility index (Phi) is 5.36. The maximum absolute atomic E-state index is 10.8. The van der Waals surface area contributed by atoms with Crippen molar-refractivity contribution in [2.24, 2.45) is 0 Å². The topological polar surface area (TPSA) is 40.1 Å². The van der Waals surface area contributed by atoms with Crippen LogP contribution in [-0.4, -0.2) is 15.0 Å². The molecule has 1 aliphatic rings. The van der Waals surface area contributed by atoms with E-state index >= 15 is 0 Å². The first kappa shape index (κ1) is 16.5. The van der Waals surface area contributed by atoms with E-state index < -0.39 is 11.1 Å². The molecule has 2 aromatic carbocycles. The van der Waals surface area contributed by atoms with Gasteiger partial charge in [-0.2, -0.15) is 0 Å². The lowest BCUT2D eigenvalue weighted by molar-refractivity contribution is 0.536. The second-order valence-corrected chi connectivity index (χ2v) is 7.46. The Morgan fingerprint density at radius 2 is 1.48 bits per heavy atom. The first-order valence-electron chi connectivity index (χ1n) is 7.69. The van der Waals surface area contributed by atoms with E-state index in [9.17, 15) is 8.76 Å². The van der Waals surface area contributed by atoms with Crippen molar-refractivity contribution >= 4 is 34.0 Å². The molecule has 0 aromatic heterocycles. The van der Waals surface area contributed by atoms with Gasteiger partial charge in [-0.1, -0.05) is 47.5 Å². The molecule has 0 heterocycles. The van der Waals surface area contributed by atoms with Crippen LogP contribution in [0.2, 0.25) is 0 Å². The fourth-order valence-electron chi connectivity index (χ4n) is 3.11. The third-order valence-corrected chi connectivity index (χ3v) is 5.56. The minimum Gasteiger partial charge on any atom is -0.772 e. The molecule has 1 aliphatic carbocycles. The average Bonchev–Trinajstić information content (AvgIpc) is 3.05. The zero-order chi connectivity index (χ0) is 16.2. The Morgan fingerprint density at radius 3 is 1.96 bits per heavy atom. The van der Waals surface area contributed by atoms with Crippen molar-refractivity contribution in [2.45, 2.75) is 29.9 Å². The van der Waals surface area contributed by atoms with Crippen LogP contribution in [0.3, 0.4) is 0 Å². The van der Waals surface area contributed by atoms with Gasteiger partial charge in [0.2, 0.25) is 0 Å². The van der Waals surface area contributed by atoms with Crippen molar-refractivity contribution in [3.63, 3.8) is 0 Å². The van der Waals surface area contributed by atoms with E-state index in [2.05, 4.69) is 42.7 Å². The first-order chi connectivity index (χ1) is 11.2. The van der Waals surface area contributed by atoms with Gasteiger partial charge in [-0.15, -0.1) is 11.8 Å². The quantitative estimate of drug-likeness (QED) is 0.574. The van der Waals surface area contributed by atoms with Gasteiger partial charge in [-0.05, 0) is 65.5 Å². The van der Waals surface area contributed by atoms with Gasteiger partial charge in [-0.3, -0.25) is 4.21 Å². The summed E-state index contributed by atoms with van der Waals surface area (Å²) in [6, 6.07) is 16.7. The second-order valence-electron chi connectivity index (χ2n) is 5.68. The largest absolute Gasteiger partial charge is 0.772 e. The molecule has 0 spiro atoms. The molecule has 0 bridgehead atoms. The maximum Gasteiger partial charge on any atom is 0.0353 e. The number of hydrogen-bond donors (Lipinski definition) is 0. The molecule has 0 saturated heterocycles. The van der Waals surface area contributed by atoms with Crippen LogP contribution >= 0.6 is 11.8 Å². The molecular weight excluding hydrogens is 324 g/mol. The minimum atomic E-state index is -2.03. The Labute approximate surface area is 144 Å². The molecule has 0 radical (unpaired) electrons. The second kappa shape index (κ2) is 7.47. The van der Waals surface area contributed by atoms with E-state index in [0.717, 1.165) is 18.4 Å². The Bertz CT molecular complexity index is 731. The van der Waals surface area contributed by atoms with E-state index in [1.54, 1.807) is 11.8 Å². The van der Waals surface area contributed by atoms with Gasteiger partial charge >= 0.3 is 0 Å². The molecule has 4 heteroatoms. The van der Waals surface area contributed by atoms with Crippen LogP contribution in [0.5, 0.6) is 0 Å². The number of allylic oxidation sites excluding steroid dienone is 2. The number of benzene rings is 2. The van der Waals surface area contributed by atoms with Gasteiger partial charge in [0.15, 0.2) is 0 Å². The Morgan fingerprint density at radius 1 is 0.957 bits per heavy atom. The Hall–Kier alpha value is -1.36. The van der Waals surface area contributed by atoms with Crippen molar-refractivity contribution in [3.05, 3.63) is 65.2 Å². The molecule has 0 amide bonds. The zero-order valence-electron chi connectivity index (χ0n) is 13.1. The zero-order valence-corrected chi connectivity index (χ0v) is 14.7. The lowest BCUT2D eigenvalue weighted by atomic mass is 9.96. The van der Waals surface area contributed by atoms with Gasteiger partial charge in [0, 0.05) is 10.6 Å². The molecule has 0 aliphatic heterocycles. The van der Waals surface area contributed by atoms with Gasteiger partial charge in [0.05, 0.1) is 0 Å². The van der Waals surface area contributed by atoms with E-state index in [0.29, 0.717) is 0 Å². The third kappa shape index (κ3) is 3.94. The van der Waals surface area contributed by atoms with Gasteiger partial charge in [-0.25, -0.2) is 0 Å². The molecule has 3 rings (SSSR count). The molecule has 1 atom stereocenters. The predicted molar refractivity (Wildman–Crippen MR) is 98.0 cm³/mol. The highest BCUT2D eigenvalue weighted by Crippen LogP contribution is 2.40. The molecule has 1 unspecified atom stereocenters. The summed E-state index contributed by atoms with van der Waals surface area (Å²) in [5.41, 5.74) is 6.19. The van der Waals surface area contributed by atoms with Crippen LogP contribution in [0.25, 0.3) is 11.1 Å². The Balaban J connectivity index is 1.90. The maximum atomic E-state index is 10.8. The molecule has 2 nitrogen and oxygen atoms in total. The minimum absolute atomic E-state index is 0.0856. The number of rotatable bonds is 5. The van der Waals surface area contributed by atoms with Crippen LogP contribution in [0.15, 0.2) is 53.4 Å². The van der Waals surface area contributed by atoms with E-state index in [1.165, 1.54) is 33.6 Å². The summed E-state index contributed by atoms with van der Waals surface area (Å²) < 4.78 is 21.6. The smallest absolute Gasteiger partial charge is 0.0353 e. The van der Waals surface area contributed by atoms with Crippen molar-refractivity contribution in [1.82, 2.24) is 0 Å². The van der Waals surface area contributed by atoms with Gasteiger partial charge in [0.1, 0.15) is 0 Å². The first-order valence-corrected chi connectivity index (χ1v) is 10.2. The van der Waals surface area contributed by atoms with E-state index in [4.69, 9.17) is 0 Å². The fourth-order valence-corrected chi connectivity index (χ4v) is 3.98. The summed E-state index contributed by atoms with van der Waals surface area (Å²) >= 11 is -0.272. The van der Waals surface area contributed by atoms with Crippen molar-refractivity contribution in [3.8, 4) is 0 Å². The monoisotopic (exact) mass is 343 g/mol. The van der Waals surface area contributed by atoms with Gasteiger partial charge in [0.25, 0.3) is 0 Å². The molecule has 120 valence electrons. The van der Waals surface area contributed by atoms with Gasteiger partial charge < -0.3 is 4.55 Å². The van der Waals surface area contributed by atoms with Crippen molar-refractivity contribution < 1.29 is 8.76 Å². The van der Waals surface area contributed by atoms with Crippen LogP contribution in [0.4, 0.5) is 0 Å². The number of thioether (sulfide) groups is 1. The lowest BCUT2D eigenvalue weighted by Gasteiger charge is -2.11. The third-order valence-electron chi connectivity index (χ3n) is 4.24. The summed E-state index contributed by atoms with van der Waals surface area (Å²) in [5.74, 6) is 0.0856. The molecule has 2 aromatic rings. The number of hydrogen-bond acceptors (Lipinski definition) is 3. The summed E-state index contributed by atoms with van der Waals surface area (Å²) in [4.78, 5) is 1.28. The summed E-state index contributed by atoms with van der Waals surface area (Å²) in [5, 5.41) is 0. The van der Waals surface area contributed by atoms with Crippen LogP contribution in [-0.2, 0) is 16.8 Å². The lowest BCUT2D eigenvalue weighted by Crippen LogP contribution is -1.94. The molecule has 0 saturated carbocycles. The predicted octanol–water partition coefficient (Wildman–Crippen LogP) is 4.88. The highest BCUT2D eigenvalue weighted by Gasteiger charge is 2.17. The SMILES string of the molecule is CSc1ccc(C2=C(c3ccc(CS(=O)[O-])cc3)CCC2)cc1. The van der Waals surface area contributed by atoms with E-state index in [1.807, 2.05) is 12.1 Å². The van der Waals surface area contributed by atoms with E-state index in [-0.39, 0.29) is 5.75 Å².